The largest absolute Gasteiger partial charge is 0.352 e. The fourth-order valence-corrected chi connectivity index (χ4v) is 1.25. The normalized spacial score (nSPS) is 10.0. The van der Waals surface area contributed by atoms with Gasteiger partial charge in [-0.25, -0.2) is 4.39 Å². The summed E-state index contributed by atoms with van der Waals surface area (Å²) in [5.41, 5.74) is 4.53. The number of nitro benzene ring substituents is 1. The molecule has 17 heavy (non-hydrogen) atoms. The lowest BCUT2D eigenvalue weighted by molar-refractivity contribution is -0.385. The Labute approximate surface area is 96.8 Å². The Morgan fingerprint density at radius 1 is 1.53 bits per heavy atom. The van der Waals surface area contributed by atoms with Crippen molar-refractivity contribution >= 4 is 11.6 Å². The maximum absolute atomic E-state index is 12.9. The first-order valence-corrected chi connectivity index (χ1v) is 4.98. The van der Waals surface area contributed by atoms with E-state index < -0.39 is 22.3 Å². The van der Waals surface area contributed by atoms with E-state index in [1.54, 1.807) is 0 Å². The molecule has 0 aliphatic carbocycles. The third-order valence-electron chi connectivity index (χ3n) is 2.07. The third-order valence-corrected chi connectivity index (χ3v) is 2.07. The van der Waals surface area contributed by atoms with Crippen molar-refractivity contribution in [1.29, 1.82) is 0 Å². The van der Waals surface area contributed by atoms with Gasteiger partial charge in [-0.3, -0.25) is 14.9 Å². The van der Waals surface area contributed by atoms with E-state index in [9.17, 15) is 19.3 Å². The molecule has 1 aromatic carbocycles. The zero-order valence-electron chi connectivity index (χ0n) is 8.98. The van der Waals surface area contributed by atoms with Gasteiger partial charge in [-0.15, -0.1) is 0 Å². The van der Waals surface area contributed by atoms with Crippen molar-refractivity contribution in [2.75, 3.05) is 13.1 Å². The summed E-state index contributed by atoms with van der Waals surface area (Å²) in [5, 5.41) is 13.1. The molecule has 7 heteroatoms. The second-order valence-electron chi connectivity index (χ2n) is 3.32. The minimum Gasteiger partial charge on any atom is -0.352 e. The van der Waals surface area contributed by atoms with Gasteiger partial charge in [0.15, 0.2) is 0 Å². The molecule has 0 spiro atoms. The van der Waals surface area contributed by atoms with E-state index >= 15 is 0 Å². The molecule has 0 radical (unpaired) electrons. The maximum atomic E-state index is 12.9. The third kappa shape index (κ3) is 3.49. The van der Waals surface area contributed by atoms with Gasteiger partial charge in [0, 0.05) is 12.6 Å². The summed E-state index contributed by atoms with van der Waals surface area (Å²) in [6, 6.07) is 2.75. The average molecular weight is 241 g/mol. The summed E-state index contributed by atoms with van der Waals surface area (Å²) in [4.78, 5) is 21.5. The van der Waals surface area contributed by atoms with Crippen LogP contribution in [0.3, 0.4) is 0 Å². The lowest BCUT2D eigenvalue weighted by Gasteiger charge is -2.04. The molecule has 0 atom stereocenters. The highest BCUT2D eigenvalue weighted by Gasteiger charge is 2.20. The topological polar surface area (TPSA) is 98.3 Å². The maximum Gasteiger partial charge on any atom is 0.282 e. The predicted molar refractivity (Wildman–Crippen MR) is 59.1 cm³/mol. The molecule has 3 N–H and O–H groups in total. The average Bonchev–Trinajstić information content (AvgIpc) is 2.28. The Kier molecular flexibility index (Phi) is 4.53. The minimum absolute atomic E-state index is 0.285. The van der Waals surface area contributed by atoms with Crippen molar-refractivity contribution in [3.8, 4) is 0 Å². The van der Waals surface area contributed by atoms with Crippen LogP contribution >= 0.6 is 0 Å². The number of amides is 1. The van der Waals surface area contributed by atoms with E-state index in [0.29, 0.717) is 19.5 Å². The molecule has 0 bridgehead atoms. The van der Waals surface area contributed by atoms with Crippen LogP contribution in [-0.2, 0) is 0 Å². The van der Waals surface area contributed by atoms with Crippen LogP contribution in [0.15, 0.2) is 18.2 Å². The molecule has 0 unspecified atom stereocenters. The van der Waals surface area contributed by atoms with E-state index in [1.807, 2.05) is 0 Å². The van der Waals surface area contributed by atoms with Crippen molar-refractivity contribution in [3.05, 3.63) is 39.7 Å². The number of nitrogens with two attached hydrogens (primary N) is 1. The summed E-state index contributed by atoms with van der Waals surface area (Å²) in [7, 11) is 0. The van der Waals surface area contributed by atoms with E-state index in [2.05, 4.69) is 5.32 Å². The number of hydrogen-bond acceptors (Lipinski definition) is 4. The molecule has 1 rings (SSSR count). The molecule has 0 saturated carbocycles. The number of carbonyl (C=O) groups is 1. The van der Waals surface area contributed by atoms with Crippen molar-refractivity contribution in [2.45, 2.75) is 6.42 Å². The highest BCUT2D eigenvalue weighted by atomic mass is 19.1. The molecule has 92 valence electrons. The Hall–Kier alpha value is -2.02. The molecule has 1 amide bonds. The fourth-order valence-electron chi connectivity index (χ4n) is 1.25. The van der Waals surface area contributed by atoms with Crippen LogP contribution in [0.2, 0.25) is 0 Å². The summed E-state index contributed by atoms with van der Waals surface area (Å²) in [6.07, 6.45) is 0.550. The number of carbonyl (C=O) groups excluding carboxylic acids is 1. The first kappa shape index (κ1) is 13.0. The van der Waals surface area contributed by atoms with Gasteiger partial charge in [0.2, 0.25) is 0 Å². The first-order chi connectivity index (χ1) is 8.06. The Bertz CT molecular complexity index is 437. The van der Waals surface area contributed by atoms with E-state index in [1.165, 1.54) is 0 Å². The molecule has 0 heterocycles. The van der Waals surface area contributed by atoms with Crippen LogP contribution in [0.1, 0.15) is 16.8 Å². The standard InChI is InChI=1S/C10H12FN3O3/c11-7-2-3-9(14(16)17)8(6-7)10(15)13-5-1-4-12/h2-3,6H,1,4-5,12H2,(H,13,15). The lowest BCUT2D eigenvalue weighted by atomic mass is 10.1. The summed E-state index contributed by atoms with van der Waals surface area (Å²) in [6.45, 7) is 0.689. The second-order valence-corrected chi connectivity index (χ2v) is 3.32. The molecule has 0 fully saturated rings. The second kappa shape index (κ2) is 5.90. The van der Waals surface area contributed by atoms with Gasteiger partial charge in [-0.1, -0.05) is 0 Å². The van der Waals surface area contributed by atoms with Gasteiger partial charge in [-0.2, -0.15) is 0 Å². The van der Waals surface area contributed by atoms with Gasteiger partial charge < -0.3 is 11.1 Å². The van der Waals surface area contributed by atoms with Gasteiger partial charge in [-0.05, 0) is 25.1 Å². The van der Waals surface area contributed by atoms with Crippen LogP contribution in [0.25, 0.3) is 0 Å². The Morgan fingerprint density at radius 2 is 2.24 bits per heavy atom. The minimum atomic E-state index is -0.725. The highest BCUT2D eigenvalue weighted by molar-refractivity contribution is 5.98. The number of halogens is 1. The zero-order chi connectivity index (χ0) is 12.8. The quantitative estimate of drug-likeness (QED) is 0.452. The SMILES string of the molecule is NCCCNC(=O)c1cc(F)ccc1[N+](=O)[O-]. The smallest absolute Gasteiger partial charge is 0.282 e. The number of hydrogen-bond donors (Lipinski definition) is 2. The molecule has 0 aromatic heterocycles. The summed E-state index contributed by atoms with van der Waals surface area (Å²) >= 11 is 0. The summed E-state index contributed by atoms with van der Waals surface area (Å²) < 4.78 is 12.9. The van der Waals surface area contributed by atoms with Crippen LogP contribution < -0.4 is 11.1 Å². The molecule has 0 saturated heterocycles. The molecule has 6 nitrogen and oxygen atoms in total. The van der Waals surface area contributed by atoms with Crippen LogP contribution in [0.4, 0.5) is 10.1 Å². The number of nitrogens with zero attached hydrogens (tertiary/aromatic N) is 1. The first-order valence-electron chi connectivity index (χ1n) is 4.98. The van der Waals surface area contributed by atoms with Gasteiger partial charge in [0.25, 0.3) is 11.6 Å². The van der Waals surface area contributed by atoms with E-state index in [0.717, 1.165) is 18.2 Å². The van der Waals surface area contributed by atoms with Crippen molar-refractivity contribution in [3.63, 3.8) is 0 Å². The number of rotatable bonds is 5. The fraction of sp³-hybridized carbons (Fsp3) is 0.300. The van der Waals surface area contributed by atoms with Crippen molar-refractivity contribution in [2.24, 2.45) is 5.73 Å². The Morgan fingerprint density at radius 3 is 2.82 bits per heavy atom. The molecule has 0 aliphatic heterocycles. The monoisotopic (exact) mass is 241 g/mol. The van der Waals surface area contributed by atoms with E-state index in [4.69, 9.17) is 5.73 Å². The Balaban J connectivity index is 2.90. The summed E-state index contributed by atoms with van der Waals surface area (Å²) in [5.74, 6) is -1.37. The number of nitro groups is 1. The molecule has 0 aliphatic rings. The van der Waals surface area contributed by atoms with Crippen LogP contribution in [-0.4, -0.2) is 23.9 Å². The zero-order valence-corrected chi connectivity index (χ0v) is 8.98. The number of nitrogens with one attached hydrogen (secondary N) is 1. The van der Waals surface area contributed by atoms with Crippen molar-refractivity contribution < 1.29 is 14.1 Å². The van der Waals surface area contributed by atoms with Crippen molar-refractivity contribution in [1.82, 2.24) is 5.32 Å². The molecule has 1 aromatic rings. The predicted octanol–water partition coefficient (Wildman–Crippen LogP) is 0.812. The highest BCUT2D eigenvalue weighted by Crippen LogP contribution is 2.19. The number of benzene rings is 1. The van der Waals surface area contributed by atoms with Gasteiger partial charge in [0.05, 0.1) is 4.92 Å². The molecular weight excluding hydrogens is 229 g/mol. The van der Waals surface area contributed by atoms with Crippen LogP contribution in [0.5, 0.6) is 0 Å². The van der Waals surface area contributed by atoms with E-state index in [-0.39, 0.29) is 5.56 Å². The van der Waals surface area contributed by atoms with Gasteiger partial charge in [0.1, 0.15) is 11.4 Å². The van der Waals surface area contributed by atoms with Gasteiger partial charge >= 0.3 is 0 Å². The lowest BCUT2D eigenvalue weighted by Crippen LogP contribution is -2.26. The van der Waals surface area contributed by atoms with Crippen LogP contribution in [0, 0.1) is 15.9 Å². The molecular formula is C10H12FN3O3.